The van der Waals surface area contributed by atoms with E-state index in [1.807, 2.05) is 0 Å². The van der Waals surface area contributed by atoms with E-state index in [1.165, 1.54) is 29.1 Å². The van der Waals surface area contributed by atoms with Gasteiger partial charge in [-0.25, -0.2) is 14.3 Å². The van der Waals surface area contributed by atoms with Crippen molar-refractivity contribution in [2.45, 2.75) is 20.4 Å². The molecule has 11 heteroatoms. The molecule has 0 aliphatic carbocycles. The van der Waals surface area contributed by atoms with Crippen molar-refractivity contribution in [3.63, 3.8) is 0 Å². The Bertz CT molecular complexity index is 871. The van der Waals surface area contributed by atoms with Gasteiger partial charge in [0.1, 0.15) is 12.1 Å². The monoisotopic (exact) mass is 381 g/mol. The molecule has 0 radical (unpaired) electrons. The van der Waals surface area contributed by atoms with Crippen molar-refractivity contribution in [3.8, 4) is 5.75 Å². The van der Waals surface area contributed by atoms with Crippen LogP contribution in [0.2, 0.25) is 0 Å². The summed E-state index contributed by atoms with van der Waals surface area (Å²) in [6, 6.07) is 3.27. The molecule has 1 heterocycles. The first-order valence-electron chi connectivity index (χ1n) is 7.80. The molecule has 140 valence electrons. The molecule has 1 aromatic carbocycles. The number of non-ortho nitro benzene ring substituents is 1. The fourth-order valence-corrected chi connectivity index (χ4v) is 4.04. The number of hydrogen-bond acceptors (Lipinski definition) is 7. The second-order valence-electron chi connectivity index (χ2n) is 5.28. The van der Waals surface area contributed by atoms with Crippen LogP contribution in [0.15, 0.2) is 36.9 Å². The third kappa shape index (κ3) is 4.06. The first-order valence-corrected chi connectivity index (χ1v) is 9.20. The number of phenolic OH excluding ortho intramolecular Hbond substituents is 1. The van der Waals surface area contributed by atoms with E-state index in [1.54, 1.807) is 13.8 Å². The fraction of sp³-hybridized carbons (Fsp3) is 0.333. The Hall–Kier alpha value is -2.79. The van der Waals surface area contributed by atoms with Crippen molar-refractivity contribution < 1.29 is 18.4 Å². The standard InChI is InChI=1S/C15H19N5O5S/c1-3-18(4-2)26(24,25)19(10-12-8-16-11-17-9-12)14-6-5-13(20(22)23)7-15(14)21/h5-9,11,21H,3-4,10H2,1-2H3. The molecule has 0 unspecified atom stereocenters. The molecule has 2 rings (SSSR count). The number of nitrogens with zero attached hydrogens (tertiary/aromatic N) is 5. The second kappa shape index (κ2) is 8.06. The van der Waals surface area contributed by atoms with Crippen LogP contribution in [0.25, 0.3) is 0 Å². The molecule has 2 aromatic rings. The molecule has 0 fully saturated rings. The van der Waals surface area contributed by atoms with E-state index in [0.29, 0.717) is 5.56 Å². The van der Waals surface area contributed by atoms with E-state index >= 15 is 0 Å². The Balaban J connectivity index is 2.55. The van der Waals surface area contributed by atoms with E-state index in [0.717, 1.165) is 16.4 Å². The number of nitro groups is 1. The van der Waals surface area contributed by atoms with Crippen molar-refractivity contribution in [2.75, 3.05) is 17.4 Å². The highest BCUT2D eigenvalue weighted by molar-refractivity contribution is 7.90. The maximum atomic E-state index is 13.0. The minimum atomic E-state index is -3.99. The van der Waals surface area contributed by atoms with Gasteiger partial charge in [0.25, 0.3) is 5.69 Å². The molecular formula is C15H19N5O5S. The lowest BCUT2D eigenvalue weighted by atomic mass is 10.2. The van der Waals surface area contributed by atoms with Gasteiger partial charge in [-0.1, -0.05) is 13.8 Å². The predicted molar refractivity (Wildman–Crippen MR) is 94.8 cm³/mol. The number of nitro benzene ring substituents is 1. The molecule has 0 amide bonds. The van der Waals surface area contributed by atoms with Gasteiger partial charge in [0.15, 0.2) is 0 Å². The second-order valence-corrected chi connectivity index (χ2v) is 7.13. The van der Waals surface area contributed by atoms with Crippen molar-refractivity contribution in [1.29, 1.82) is 0 Å². The number of benzene rings is 1. The summed E-state index contributed by atoms with van der Waals surface area (Å²) in [6.45, 7) is 3.72. The first-order chi connectivity index (χ1) is 12.3. The van der Waals surface area contributed by atoms with Crippen LogP contribution in [-0.4, -0.2) is 45.8 Å². The smallest absolute Gasteiger partial charge is 0.304 e. The van der Waals surface area contributed by atoms with E-state index < -0.39 is 20.9 Å². The first kappa shape index (κ1) is 19.5. The van der Waals surface area contributed by atoms with Crippen LogP contribution in [0, 0.1) is 10.1 Å². The molecule has 0 spiro atoms. The van der Waals surface area contributed by atoms with E-state index in [4.69, 9.17) is 0 Å². The summed E-state index contributed by atoms with van der Waals surface area (Å²) in [4.78, 5) is 17.9. The number of aromatic hydroxyl groups is 1. The lowest BCUT2D eigenvalue weighted by Crippen LogP contribution is -2.43. The van der Waals surface area contributed by atoms with Crippen LogP contribution in [-0.2, 0) is 16.8 Å². The summed E-state index contributed by atoms with van der Waals surface area (Å²) in [6.07, 6.45) is 4.23. The summed E-state index contributed by atoms with van der Waals surface area (Å²) >= 11 is 0. The van der Waals surface area contributed by atoms with Crippen molar-refractivity contribution in [2.24, 2.45) is 0 Å². The van der Waals surface area contributed by atoms with Gasteiger partial charge in [0.05, 0.1) is 23.2 Å². The zero-order valence-electron chi connectivity index (χ0n) is 14.3. The maximum Gasteiger partial charge on any atom is 0.304 e. The molecule has 10 nitrogen and oxygen atoms in total. The lowest BCUT2D eigenvalue weighted by molar-refractivity contribution is -0.384. The molecule has 0 saturated heterocycles. The topological polar surface area (TPSA) is 130 Å². The third-order valence-electron chi connectivity index (χ3n) is 3.69. The highest BCUT2D eigenvalue weighted by Crippen LogP contribution is 2.34. The van der Waals surface area contributed by atoms with Gasteiger partial charge in [0.2, 0.25) is 0 Å². The molecule has 1 aromatic heterocycles. The quantitative estimate of drug-likeness (QED) is 0.544. The third-order valence-corrected chi connectivity index (χ3v) is 5.74. The average Bonchev–Trinajstić information content (AvgIpc) is 2.61. The van der Waals surface area contributed by atoms with Gasteiger partial charge in [-0.05, 0) is 6.07 Å². The Labute approximate surface area is 151 Å². The van der Waals surface area contributed by atoms with E-state index in [2.05, 4.69) is 9.97 Å². The van der Waals surface area contributed by atoms with Gasteiger partial charge >= 0.3 is 10.2 Å². The molecule has 0 bridgehead atoms. The van der Waals surface area contributed by atoms with Crippen LogP contribution in [0.3, 0.4) is 0 Å². The molecule has 0 saturated carbocycles. The van der Waals surface area contributed by atoms with Crippen molar-refractivity contribution in [3.05, 3.63) is 52.6 Å². The zero-order chi connectivity index (χ0) is 19.3. The molecule has 0 aliphatic heterocycles. The van der Waals surface area contributed by atoms with Gasteiger partial charge in [-0.3, -0.25) is 10.1 Å². The average molecular weight is 381 g/mol. The number of hydrogen-bond donors (Lipinski definition) is 1. The number of rotatable bonds is 8. The van der Waals surface area contributed by atoms with E-state index in [9.17, 15) is 23.6 Å². The van der Waals surface area contributed by atoms with Crippen molar-refractivity contribution in [1.82, 2.24) is 14.3 Å². The summed E-state index contributed by atoms with van der Waals surface area (Å²) < 4.78 is 28.3. The van der Waals surface area contributed by atoms with Gasteiger partial charge in [-0.2, -0.15) is 12.7 Å². The van der Waals surface area contributed by atoms with Crippen LogP contribution in [0.5, 0.6) is 5.75 Å². The summed E-state index contributed by atoms with van der Waals surface area (Å²) in [5, 5.41) is 21.1. The summed E-state index contributed by atoms with van der Waals surface area (Å²) in [7, 11) is -3.99. The highest BCUT2D eigenvalue weighted by atomic mass is 32.2. The molecular weight excluding hydrogens is 362 g/mol. The predicted octanol–water partition coefficient (Wildman–Crippen LogP) is 1.68. The number of phenols is 1. The zero-order valence-corrected chi connectivity index (χ0v) is 15.1. The summed E-state index contributed by atoms with van der Waals surface area (Å²) in [5.74, 6) is -0.508. The van der Waals surface area contributed by atoms with Gasteiger partial charge in [0, 0.05) is 37.1 Å². The minimum absolute atomic E-state index is 0.0636. The largest absolute Gasteiger partial charge is 0.505 e. The SMILES string of the molecule is CCN(CC)S(=O)(=O)N(Cc1cncnc1)c1ccc([N+](=O)[O-])cc1O. The fourth-order valence-electron chi connectivity index (χ4n) is 2.39. The Morgan fingerprint density at radius 1 is 1.19 bits per heavy atom. The minimum Gasteiger partial charge on any atom is -0.505 e. The molecule has 0 aliphatic rings. The van der Waals surface area contributed by atoms with Gasteiger partial charge < -0.3 is 5.11 Å². The highest BCUT2D eigenvalue weighted by Gasteiger charge is 2.30. The van der Waals surface area contributed by atoms with Crippen LogP contribution in [0.4, 0.5) is 11.4 Å². The Morgan fingerprint density at radius 2 is 1.81 bits per heavy atom. The summed E-state index contributed by atoms with van der Waals surface area (Å²) in [5.41, 5.74) is 0.0989. The van der Waals surface area contributed by atoms with Crippen LogP contribution < -0.4 is 4.31 Å². The Kier molecular flexibility index (Phi) is 6.05. The lowest BCUT2D eigenvalue weighted by Gasteiger charge is -2.30. The van der Waals surface area contributed by atoms with Gasteiger partial charge in [-0.15, -0.1) is 0 Å². The van der Waals surface area contributed by atoms with Crippen LogP contribution >= 0.6 is 0 Å². The Morgan fingerprint density at radius 3 is 2.31 bits per heavy atom. The number of aromatic nitrogens is 2. The van der Waals surface area contributed by atoms with E-state index in [-0.39, 0.29) is 31.0 Å². The maximum absolute atomic E-state index is 13.0. The number of anilines is 1. The molecule has 0 atom stereocenters. The van der Waals surface area contributed by atoms with Crippen molar-refractivity contribution >= 4 is 21.6 Å². The molecule has 1 N–H and O–H groups in total. The van der Waals surface area contributed by atoms with Crippen LogP contribution in [0.1, 0.15) is 19.4 Å². The normalized spacial score (nSPS) is 11.5. The molecule has 26 heavy (non-hydrogen) atoms.